The Hall–Kier alpha value is -2.07. The normalized spacial score (nSPS) is 16.1. The van der Waals surface area contributed by atoms with Crippen molar-refractivity contribution < 1.29 is 9.15 Å². The SMILES string of the molecule is C(=Nc1ccc(N2CCOCC2)cc1)c1ccco1. The van der Waals surface area contributed by atoms with E-state index in [0.717, 1.165) is 37.8 Å². The molecule has 2 aromatic rings. The molecule has 3 rings (SSSR count). The van der Waals surface area contributed by atoms with Crippen LogP contribution in [0.1, 0.15) is 5.76 Å². The fourth-order valence-electron chi connectivity index (χ4n) is 2.07. The summed E-state index contributed by atoms with van der Waals surface area (Å²) < 4.78 is 10.6. The average Bonchev–Trinajstić information content (AvgIpc) is 3.00. The van der Waals surface area contributed by atoms with E-state index in [-0.39, 0.29) is 0 Å². The first-order valence-corrected chi connectivity index (χ1v) is 6.42. The van der Waals surface area contributed by atoms with E-state index in [1.54, 1.807) is 12.5 Å². The van der Waals surface area contributed by atoms with Crippen LogP contribution in [0.2, 0.25) is 0 Å². The van der Waals surface area contributed by atoms with E-state index in [2.05, 4.69) is 22.0 Å². The van der Waals surface area contributed by atoms with Crippen LogP contribution < -0.4 is 4.90 Å². The molecule has 0 saturated carbocycles. The van der Waals surface area contributed by atoms with Crippen molar-refractivity contribution in [3.63, 3.8) is 0 Å². The fraction of sp³-hybridized carbons (Fsp3) is 0.267. The zero-order chi connectivity index (χ0) is 12.9. The Labute approximate surface area is 112 Å². The van der Waals surface area contributed by atoms with Gasteiger partial charge in [-0.1, -0.05) is 0 Å². The van der Waals surface area contributed by atoms with Crippen LogP contribution in [0.25, 0.3) is 0 Å². The third-order valence-corrected chi connectivity index (χ3v) is 3.11. The van der Waals surface area contributed by atoms with Crippen molar-refractivity contribution in [3.8, 4) is 0 Å². The molecule has 1 saturated heterocycles. The van der Waals surface area contributed by atoms with Crippen LogP contribution in [-0.2, 0) is 4.74 Å². The standard InChI is InChI=1S/C15H16N2O2/c1-2-15(19-9-1)12-16-13-3-5-14(6-4-13)17-7-10-18-11-8-17/h1-6,9,12H,7-8,10-11H2. The molecule has 98 valence electrons. The van der Waals surface area contributed by atoms with Gasteiger partial charge in [-0.3, -0.25) is 4.99 Å². The molecule has 0 amide bonds. The lowest BCUT2D eigenvalue weighted by Gasteiger charge is -2.28. The first-order chi connectivity index (χ1) is 9.42. The van der Waals surface area contributed by atoms with Crippen LogP contribution in [0.15, 0.2) is 52.1 Å². The zero-order valence-electron chi connectivity index (χ0n) is 10.7. The van der Waals surface area contributed by atoms with Crippen molar-refractivity contribution in [1.82, 2.24) is 0 Å². The Balaban J connectivity index is 1.68. The third kappa shape index (κ3) is 3.03. The molecule has 1 aromatic heterocycles. The zero-order valence-corrected chi connectivity index (χ0v) is 10.7. The molecular formula is C15H16N2O2. The first kappa shape index (κ1) is 12.0. The van der Waals surface area contributed by atoms with Crippen LogP contribution in [0.3, 0.4) is 0 Å². The minimum absolute atomic E-state index is 0.761. The van der Waals surface area contributed by atoms with Gasteiger partial charge in [0.2, 0.25) is 0 Å². The predicted molar refractivity (Wildman–Crippen MR) is 75.4 cm³/mol. The van der Waals surface area contributed by atoms with Gasteiger partial charge in [-0.15, -0.1) is 0 Å². The maximum Gasteiger partial charge on any atom is 0.144 e. The van der Waals surface area contributed by atoms with E-state index in [1.807, 2.05) is 24.3 Å². The number of benzene rings is 1. The fourth-order valence-corrected chi connectivity index (χ4v) is 2.07. The Morgan fingerprint density at radius 1 is 1.05 bits per heavy atom. The largest absolute Gasteiger partial charge is 0.463 e. The molecule has 1 aromatic carbocycles. The molecule has 4 nitrogen and oxygen atoms in total. The summed E-state index contributed by atoms with van der Waals surface area (Å²) in [4.78, 5) is 6.70. The highest BCUT2D eigenvalue weighted by atomic mass is 16.5. The Bertz CT molecular complexity index is 526. The Morgan fingerprint density at radius 2 is 1.84 bits per heavy atom. The number of hydrogen-bond acceptors (Lipinski definition) is 4. The van der Waals surface area contributed by atoms with Gasteiger partial charge in [0.05, 0.1) is 31.4 Å². The van der Waals surface area contributed by atoms with Crippen molar-refractivity contribution in [2.75, 3.05) is 31.2 Å². The van der Waals surface area contributed by atoms with E-state index < -0.39 is 0 Å². The highest BCUT2D eigenvalue weighted by molar-refractivity contribution is 5.78. The Morgan fingerprint density at radius 3 is 2.53 bits per heavy atom. The summed E-state index contributed by atoms with van der Waals surface area (Å²) in [5.41, 5.74) is 2.15. The lowest BCUT2D eigenvalue weighted by molar-refractivity contribution is 0.122. The third-order valence-electron chi connectivity index (χ3n) is 3.11. The van der Waals surface area contributed by atoms with E-state index in [0.29, 0.717) is 0 Å². The summed E-state index contributed by atoms with van der Waals surface area (Å²) in [6.45, 7) is 3.51. The number of furan rings is 1. The molecule has 0 aliphatic carbocycles. The lowest BCUT2D eigenvalue weighted by Crippen LogP contribution is -2.36. The molecule has 19 heavy (non-hydrogen) atoms. The Kier molecular flexibility index (Phi) is 3.61. The monoisotopic (exact) mass is 256 g/mol. The molecule has 0 spiro atoms. The van der Waals surface area contributed by atoms with Crippen LogP contribution in [0, 0.1) is 0 Å². The summed E-state index contributed by atoms with van der Waals surface area (Å²) in [7, 11) is 0. The van der Waals surface area contributed by atoms with Gasteiger partial charge >= 0.3 is 0 Å². The van der Waals surface area contributed by atoms with Crippen molar-refractivity contribution in [2.24, 2.45) is 4.99 Å². The van der Waals surface area contributed by atoms with Gasteiger partial charge < -0.3 is 14.1 Å². The minimum Gasteiger partial charge on any atom is -0.463 e. The lowest BCUT2D eigenvalue weighted by atomic mass is 10.2. The van der Waals surface area contributed by atoms with E-state index in [9.17, 15) is 0 Å². The number of ether oxygens (including phenoxy) is 1. The molecule has 0 radical (unpaired) electrons. The number of aliphatic imine (C=N–C) groups is 1. The van der Waals surface area contributed by atoms with Gasteiger partial charge in [0.15, 0.2) is 0 Å². The summed E-state index contributed by atoms with van der Waals surface area (Å²) in [6, 6.07) is 12.0. The number of rotatable bonds is 3. The summed E-state index contributed by atoms with van der Waals surface area (Å²) >= 11 is 0. The molecule has 4 heteroatoms. The van der Waals surface area contributed by atoms with Gasteiger partial charge in [-0.25, -0.2) is 0 Å². The molecule has 0 unspecified atom stereocenters. The van der Waals surface area contributed by atoms with Crippen molar-refractivity contribution in [2.45, 2.75) is 0 Å². The van der Waals surface area contributed by atoms with E-state index in [4.69, 9.17) is 9.15 Å². The quantitative estimate of drug-likeness (QED) is 0.792. The maximum atomic E-state index is 5.35. The smallest absolute Gasteiger partial charge is 0.144 e. The summed E-state index contributed by atoms with van der Waals surface area (Å²) in [5, 5.41) is 0. The minimum atomic E-state index is 0.761. The molecule has 2 heterocycles. The number of nitrogens with zero attached hydrogens (tertiary/aromatic N) is 2. The van der Waals surface area contributed by atoms with Crippen molar-refractivity contribution >= 4 is 17.6 Å². The molecule has 1 aliphatic rings. The molecule has 0 N–H and O–H groups in total. The number of hydrogen-bond donors (Lipinski definition) is 0. The van der Waals surface area contributed by atoms with Crippen LogP contribution in [-0.4, -0.2) is 32.5 Å². The van der Waals surface area contributed by atoms with Crippen LogP contribution in [0.4, 0.5) is 11.4 Å². The van der Waals surface area contributed by atoms with Gasteiger partial charge in [0, 0.05) is 18.8 Å². The molecule has 0 bridgehead atoms. The van der Waals surface area contributed by atoms with E-state index >= 15 is 0 Å². The molecule has 1 aliphatic heterocycles. The van der Waals surface area contributed by atoms with Crippen LogP contribution >= 0.6 is 0 Å². The van der Waals surface area contributed by atoms with Gasteiger partial charge in [0.1, 0.15) is 5.76 Å². The van der Waals surface area contributed by atoms with E-state index in [1.165, 1.54) is 5.69 Å². The van der Waals surface area contributed by atoms with Crippen LogP contribution in [0.5, 0.6) is 0 Å². The summed E-state index contributed by atoms with van der Waals surface area (Å²) in [5.74, 6) is 0.761. The maximum absolute atomic E-state index is 5.35. The topological polar surface area (TPSA) is 38.0 Å². The van der Waals surface area contributed by atoms with Crippen molar-refractivity contribution in [1.29, 1.82) is 0 Å². The second-order valence-corrected chi connectivity index (χ2v) is 4.39. The van der Waals surface area contributed by atoms with Gasteiger partial charge in [-0.2, -0.15) is 0 Å². The predicted octanol–water partition coefficient (Wildman–Crippen LogP) is 2.87. The summed E-state index contributed by atoms with van der Waals surface area (Å²) in [6.07, 6.45) is 3.37. The average molecular weight is 256 g/mol. The highest BCUT2D eigenvalue weighted by Gasteiger charge is 2.10. The second-order valence-electron chi connectivity index (χ2n) is 4.39. The van der Waals surface area contributed by atoms with Crippen molar-refractivity contribution in [3.05, 3.63) is 48.4 Å². The first-order valence-electron chi connectivity index (χ1n) is 6.42. The number of anilines is 1. The van der Waals surface area contributed by atoms with Gasteiger partial charge in [0.25, 0.3) is 0 Å². The number of morpholine rings is 1. The molecular weight excluding hydrogens is 240 g/mol. The molecule has 1 fully saturated rings. The second kappa shape index (κ2) is 5.71. The van der Waals surface area contributed by atoms with Gasteiger partial charge in [-0.05, 0) is 36.4 Å². The highest BCUT2D eigenvalue weighted by Crippen LogP contribution is 2.20. The molecule has 0 atom stereocenters.